The highest BCUT2D eigenvalue weighted by Gasteiger charge is 2.43. The molecule has 7 atom stereocenters. The molecule has 55 heavy (non-hydrogen) atoms. The fraction of sp³-hybridized carbons (Fsp3) is 0.842. The molecular weight excluding hydrogens is 735 g/mol. The minimum absolute atomic E-state index is 0.0348. The van der Waals surface area contributed by atoms with E-state index in [-0.39, 0.29) is 67.6 Å². The molecule has 5 unspecified atom stereocenters. The molecule has 1 aromatic heterocycles. The average Bonchev–Trinajstić information content (AvgIpc) is 3.60. The fourth-order valence-corrected chi connectivity index (χ4v) is 6.98. The van der Waals surface area contributed by atoms with Gasteiger partial charge in [-0.05, 0) is 19.3 Å². The van der Waals surface area contributed by atoms with Crippen molar-refractivity contribution in [2.24, 2.45) is 0 Å². The first-order valence-electron chi connectivity index (χ1n) is 20.3. The molecule has 6 N–H and O–H groups in total. The van der Waals surface area contributed by atoms with E-state index < -0.39 is 48.8 Å². The molecule has 0 aromatic carbocycles. The zero-order chi connectivity index (χ0) is 40.4. The second kappa shape index (κ2) is 28.5. The molecule has 0 bridgehead atoms. The van der Waals surface area contributed by atoms with Crippen LogP contribution < -0.4 is 10.6 Å². The number of hydrogen-bond donors (Lipinski definition) is 6. The van der Waals surface area contributed by atoms with Crippen LogP contribution >= 0.6 is 11.8 Å². The van der Waals surface area contributed by atoms with Crippen LogP contribution in [0.1, 0.15) is 136 Å². The van der Waals surface area contributed by atoms with Crippen LogP contribution in [0.25, 0.3) is 0 Å². The quantitative estimate of drug-likeness (QED) is 0.0481. The van der Waals surface area contributed by atoms with Gasteiger partial charge in [-0.2, -0.15) is 11.8 Å². The zero-order valence-electron chi connectivity index (χ0n) is 33.1. The molecule has 1 aliphatic heterocycles. The van der Waals surface area contributed by atoms with Gasteiger partial charge in [0, 0.05) is 30.8 Å². The molecule has 2 amide bonds. The normalized spacial score (nSPS) is 20.7. The van der Waals surface area contributed by atoms with E-state index in [4.69, 9.17) is 14.2 Å². The molecule has 2 rings (SSSR count). The minimum Gasteiger partial charge on any atom is -0.462 e. The lowest BCUT2D eigenvalue weighted by Gasteiger charge is -2.38. The number of unbranched alkanes of at least 4 members (excludes halogenated alkanes) is 12. The van der Waals surface area contributed by atoms with E-state index in [0.29, 0.717) is 12.8 Å². The molecule has 0 radical (unpaired) electrons. The highest BCUT2D eigenvalue weighted by Crippen LogP contribution is 2.21. The maximum Gasteiger partial charge on any atom is 0.306 e. The van der Waals surface area contributed by atoms with Crippen LogP contribution in [-0.4, -0.2) is 120 Å². The van der Waals surface area contributed by atoms with Crippen LogP contribution in [0.5, 0.6) is 0 Å². The summed E-state index contributed by atoms with van der Waals surface area (Å²) in [4.78, 5) is 51.7. The van der Waals surface area contributed by atoms with Crippen molar-refractivity contribution in [2.75, 3.05) is 23.4 Å². The summed E-state index contributed by atoms with van der Waals surface area (Å²) in [5.41, 5.74) is 0. The molecule has 0 saturated carbocycles. The van der Waals surface area contributed by atoms with E-state index in [9.17, 15) is 39.6 Å². The van der Waals surface area contributed by atoms with Gasteiger partial charge in [0.25, 0.3) is 0 Å². The second-order valence-corrected chi connectivity index (χ2v) is 15.4. The number of aliphatic hydroxyl groups is 4. The number of amides is 2. The van der Waals surface area contributed by atoms with Gasteiger partial charge in [-0.15, -0.1) is 5.10 Å². The van der Waals surface area contributed by atoms with Crippen molar-refractivity contribution in [3.63, 3.8) is 0 Å². The summed E-state index contributed by atoms with van der Waals surface area (Å²) in [6.07, 6.45) is 8.27. The number of esters is 2. The Morgan fingerprint density at radius 1 is 0.782 bits per heavy atom. The van der Waals surface area contributed by atoms with Crippen LogP contribution in [0.2, 0.25) is 0 Å². The van der Waals surface area contributed by atoms with Crippen molar-refractivity contribution in [1.82, 2.24) is 20.3 Å². The summed E-state index contributed by atoms with van der Waals surface area (Å²) >= 11 is 1.27. The fourth-order valence-electron chi connectivity index (χ4n) is 5.95. The predicted molar refractivity (Wildman–Crippen MR) is 208 cm³/mol. The van der Waals surface area contributed by atoms with Crippen molar-refractivity contribution < 1.29 is 53.8 Å². The third kappa shape index (κ3) is 20.2. The number of carbonyl (C=O) groups excluding carboxylic acids is 4. The van der Waals surface area contributed by atoms with Crippen molar-refractivity contribution in [1.29, 1.82) is 0 Å². The maximum atomic E-state index is 13.5. The summed E-state index contributed by atoms with van der Waals surface area (Å²) in [5, 5.41) is 53.2. The smallest absolute Gasteiger partial charge is 0.306 e. The number of anilines is 1. The lowest BCUT2D eigenvalue weighted by molar-refractivity contribution is -0.284. The predicted octanol–water partition coefficient (Wildman–Crippen LogP) is 3.77. The van der Waals surface area contributed by atoms with Crippen molar-refractivity contribution in [3.05, 3.63) is 6.20 Å². The first-order chi connectivity index (χ1) is 26.5. The van der Waals surface area contributed by atoms with Crippen LogP contribution in [0, 0.1) is 0 Å². The Kier molecular flexibility index (Phi) is 25.1. The minimum atomic E-state index is -1.72. The molecule has 17 heteroatoms. The number of carbonyl (C=O) groups is 4. The maximum absolute atomic E-state index is 13.5. The lowest BCUT2D eigenvalue weighted by Crippen LogP contribution is -2.58. The molecule has 0 spiro atoms. The van der Waals surface area contributed by atoms with Crippen LogP contribution in [0.15, 0.2) is 6.20 Å². The number of aliphatic hydroxyl groups excluding tert-OH is 4. The van der Waals surface area contributed by atoms with Gasteiger partial charge in [0.2, 0.25) is 11.8 Å². The van der Waals surface area contributed by atoms with E-state index in [1.807, 2.05) is 0 Å². The monoisotopic (exact) mass is 801 g/mol. The first kappa shape index (κ1) is 48.3. The Hall–Kier alpha value is -2.83. The Balaban J connectivity index is 2.06. The van der Waals surface area contributed by atoms with E-state index in [1.165, 1.54) is 22.6 Å². The third-order valence-electron chi connectivity index (χ3n) is 9.29. The number of thioether (sulfide) groups is 1. The molecule has 1 fully saturated rings. The van der Waals surface area contributed by atoms with Gasteiger partial charge in [-0.25, -0.2) is 4.68 Å². The van der Waals surface area contributed by atoms with E-state index in [0.717, 1.165) is 83.5 Å². The molecule has 2 heterocycles. The van der Waals surface area contributed by atoms with Crippen LogP contribution in [0.4, 0.5) is 5.82 Å². The van der Waals surface area contributed by atoms with E-state index in [2.05, 4.69) is 41.7 Å². The number of rotatable bonds is 30. The van der Waals surface area contributed by atoms with Gasteiger partial charge < -0.3 is 45.3 Å². The van der Waals surface area contributed by atoms with Gasteiger partial charge in [0.05, 0.1) is 12.7 Å². The number of hydrogen-bond acceptors (Lipinski definition) is 14. The number of ether oxygens (including phenoxy) is 3. The Bertz CT molecular complexity index is 1240. The SMILES string of the molecule is CCCCCCCC(=O)N[C@H](CSC[C@@H](COC(=O)CCCCCCC)OC(=O)CCCCCCC)C(=O)Nc1cn(CC2OC(O)C(O)C(O)C2O)nn1. The van der Waals surface area contributed by atoms with Crippen molar-refractivity contribution in [3.8, 4) is 0 Å². The summed E-state index contributed by atoms with van der Waals surface area (Å²) in [6, 6.07) is -1.01. The Morgan fingerprint density at radius 2 is 1.36 bits per heavy atom. The Labute approximate surface area is 330 Å². The van der Waals surface area contributed by atoms with Gasteiger partial charge in [0.15, 0.2) is 12.1 Å². The number of aromatic nitrogens is 3. The van der Waals surface area contributed by atoms with Gasteiger partial charge >= 0.3 is 11.9 Å². The summed E-state index contributed by atoms with van der Waals surface area (Å²) in [7, 11) is 0. The van der Waals surface area contributed by atoms with E-state index >= 15 is 0 Å². The largest absolute Gasteiger partial charge is 0.462 e. The van der Waals surface area contributed by atoms with Gasteiger partial charge in [-0.1, -0.05) is 103 Å². The number of nitrogens with zero attached hydrogens (tertiary/aromatic N) is 3. The molecular formula is C38H67N5O11S. The summed E-state index contributed by atoms with van der Waals surface area (Å²) in [5.74, 6) is -1.23. The van der Waals surface area contributed by atoms with E-state index in [1.54, 1.807) is 0 Å². The second-order valence-electron chi connectivity index (χ2n) is 14.3. The first-order valence-corrected chi connectivity index (χ1v) is 21.4. The van der Waals surface area contributed by atoms with Crippen molar-refractivity contribution in [2.45, 2.75) is 186 Å². The highest BCUT2D eigenvalue weighted by atomic mass is 32.2. The van der Waals surface area contributed by atoms with Crippen molar-refractivity contribution >= 4 is 41.3 Å². The molecule has 1 aliphatic rings. The Morgan fingerprint density at radius 3 is 1.98 bits per heavy atom. The zero-order valence-corrected chi connectivity index (χ0v) is 33.9. The highest BCUT2D eigenvalue weighted by molar-refractivity contribution is 7.99. The molecule has 316 valence electrons. The molecule has 1 saturated heterocycles. The molecule has 16 nitrogen and oxygen atoms in total. The lowest BCUT2D eigenvalue weighted by atomic mass is 9.99. The summed E-state index contributed by atoms with van der Waals surface area (Å²) in [6.45, 7) is 6.08. The summed E-state index contributed by atoms with van der Waals surface area (Å²) < 4.78 is 17.7. The topological polar surface area (TPSA) is 232 Å². The van der Waals surface area contributed by atoms with Gasteiger partial charge in [-0.3, -0.25) is 19.2 Å². The average molecular weight is 802 g/mol. The number of nitrogens with one attached hydrogen (secondary N) is 2. The van der Waals surface area contributed by atoms with Crippen LogP contribution in [-0.2, 0) is 39.9 Å². The van der Waals surface area contributed by atoms with Crippen LogP contribution in [0.3, 0.4) is 0 Å². The third-order valence-corrected chi connectivity index (χ3v) is 10.5. The molecule has 1 aromatic rings. The van der Waals surface area contributed by atoms with Gasteiger partial charge in [0.1, 0.15) is 43.2 Å². The molecule has 0 aliphatic carbocycles. The standard InChI is InChI=1S/C38H67N5O11S/c1-4-7-10-13-16-19-31(44)39-28(37(50)40-30-23-43(42-41-30)22-29-34(47)35(48)36(49)38(51)54-29)26-55-25-27(53-33(46)21-18-15-12-9-6-3)24-52-32(45)20-17-14-11-8-5-2/h23,27-29,34-36,38,47-49,51H,4-22,24-26H2,1-3H3,(H,39,44)(H,40,50)/t27-,28-,29?,34?,35?,36?,38?/m1/s1.